The molecule has 1 fully saturated rings. The highest BCUT2D eigenvalue weighted by Gasteiger charge is 2.26. The van der Waals surface area contributed by atoms with Gasteiger partial charge in [-0.25, -0.2) is 0 Å². The molecule has 1 aromatic heterocycles. The average molecular weight is 375 g/mol. The van der Waals surface area contributed by atoms with Crippen LogP contribution in [0.15, 0.2) is 42.1 Å². The number of carbonyl (C=O) groups excluding carboxylic acids is 2. The molecular formula is C23H25N3O2. The molecule has 0 radical (unpaired) electrons. The van der Waals surface area contributed by atoms with Crippen LogP contribution >= 0.6 is 0 Å². The van der Waals surface area contributed by atoms with Crippen LogP contribution in [0.3, 0.4) is 0 Å². The van der Waals surface area contributed by atoms with Crippen molar-refractivity contribution < 1.29 is 9.59 Å². The molecule has 5 nitrogen and oxygen atoms in total. The summed E-state index contributed by atoms with van der Waals surface area (Å²) in [6.45, 7) is 3.42. The first-order valence-corrected chi connectivity index (χ1v) is 9.95. The molecule has 144 valence electrons. The number of hydrogen-bond donors (Lipinski definition) is 1. The van der Waals surface area contributed by atoms with Gasteiger partial charge in [0.15, 0.2) is 0 Å². The summed E-state index contributed by atoms with van der Waals surface area (Å²) >= 11 is 0. The summed E-state index contributed by atoms with van der Waals surface area (Å²) in [6.07, 6.45) is 5.84. The minimum absolute atomic E-state index is 0.218. The third kappa shape index (κ3) is 3.33. The van der Waals surface area contributed by atoms with Crippen LogP contribution < -0.4 is 5.73 Å². The fourth-order valence-electron chi connectivity index (χ4n) is 4.32. The smallest absolute Gasteiger partial charge is 0.248 e. The van der Waals surface area contributed by atoms with Gasteiger partial charge in [0.25, 0.3) is 0 Å². The van der Waals surface area contributed by atoms with Crippen molar-refractivity contribution in [2.24, 2.45) is 5.73 Å². The van der Waals surface area contributed by atoms with Crippen LogP contribution in [-0.4, -0.2) is 34.8 Å². The van der Waals surface area contributed by atoms with E-state index in [-0.39, 0.29) is 5.91 Å². The molecule has 4 rings (SSSR count). The van der Waals surface area contributed by atoms with Gasteiger partial charge in [-0.05, 0) is 60.6 Å². The van der Waals surface area contributed by atoms with E-state index in [1.54, 1.807) is 0 Å². The summed E-state index contributed by atoms with van der Waals surface area (Å²) < 4.78 is 0. The van der Waals surface area contributed by atoms with E-state index in [0.717, 1.165) is 55.6 Å². The van der Waals surface area contributed by atoms with E-state index in [2.05, 4.69) is 6.07 Å². The Morgan fingerprint density at radius 3 is 2.54 bits per heavy atom. The number of pyridine rings is 1. The van der Waals surface area contributed by atoms with Crippen molar-refractivity contribution in [3.63, 3.8) is 0 Å². The predicted molar refractivity (Wildman–Crippen MR) is 109 cm³/mol. The van der Waals surface area contributed by atoms with E-state index in [0.29, 0.717) is 12.0 Å². The van der Waals surface area contributed by atoms with Crippen molar-refractivity contribution in [2.75, 3.05) is 13.1 Å². The third-order valence-corrected chi connectivity index (χ3v) is 5.83. The second-order valence-electron chi connectivity index (χ2n) is 7.46. The molecule has 2 amide bonds. The minimum atomic E-state index is -0.400. The van der Waals surface area contributed by atoms with Crippen LogP contribution in [0.1, 0.15) is 58.9 Å². The van der Waals surface area contributed by atoms with E-state index >= 15 is 0 Å². The fraction of sp³-hybridized carbons (Fsp3) is 0.348. The van der Waals surface area contributed by atoms with E-state index in [1.165, 1.54) is 16.7 Å². The van der Waals surface area contributed by atoms with Gasteiger partial charge in [-0.15, -0.1) is 0 Å². The summed E-state index contributed by atoms with van der Waals surface area (Å²) in [6, 6.07) is 9.88. The highest BCUT2D eigenvalue weighted by molar-refractivity contribution is 5.94. The summed E-state index contributed by atoms with van der Waals surface area (Å²) in [5, 5.41) is 0. The Morgan fingerprint density at radius 1 is 1.07 bits per heavy atom. The Bertz CT molecular complexity index is 968. The van der Waals surface area contributed by atoms with Gasteiger partial charge in [0, 0.05) is 36.8 Å². The van der Waals surface area contributed by atoms with Crippen molar-refractivity contribution in [2.45, 2.75) is 39.0 Å². The SMILES string of the molecule is CCC(=O)N1CCC(=C2c3ccc(C(N)=O)cc3CCc3cccnc32)CC1. The van der Waals surface area contributed by atoms with Crippen molar-refractivity contribution in [3.05, 3.63) is 70.0 Å². The average Bonchev–Trinajstić information content (AvgIpc) is 2.89. The second-order valence-corrected chi connectivity index (χ2v) is 7.46. The van der Waals surface area contributed by atoms with Crippen LogP contribution in [0.25, 0.3) is 5.57 Å². The number of nitrogens with two attached hydrogens (primary N) is 1. The summed E-state index contributed by atoms with van der Waals surface area (Å²) in [5.74, 6) is -0.182. The zero-order chi connectivity index (χ0) is 19.7. The molecule has 2 heterocycles. The molecule has 5 heteroatoms. The van der Waals surface area contributed by atoms with Crippen LogP contribution in [0.4, 0.5) is 0 Å². The number of primary amides is 1. The minimum Gasteiger partial charge on any atom is -0.366 e. The lowest BCUT2D eigenvalue weighted by Gasteiger charge is -2.30. The first-order chi connectivity index (χ1) is 13.6. The summed E-state index contributed by atoms with van der Waals surface area (Å²) in [4.78, 5) is 30.4. The summed E-state index contributed by atoms with van der Waals surface area (Å²) in [5.41, 5.74) is 13.1. The van der Waals surface area contributed by atoms with Crippen molar-refractivity contribution >= 4 is 17.4 Å². The topological polar surface area (TPSA) is 76.3 Å². The first kappa shape index (κ1) is 18.4. The molecule has 0 atom stereocenters. The molecule has 0 saturated carbocycles. The lowest BCUT2D eigenvalue weighted by molar-refractivity contribution is -0.131. The van der Waals surface area contributed by atoms with E-state index in [9.17, 15) is 9.59 Å². The monoisotopic (exact) mass is 375 g/mol. The van der Waals surface area contributed by atoms with Gasteiger partial charge in [0.05, 0.1) is 5.69 Å². The van der Waals surface area contributed by atoms with Crippen molar-refractivity contribution in [1.29, 1.82) is 0 Å². The number of aromatic nitrogens is 1. The second kappa shape index (κ2) is 7.58. The zero-order valence-corrected chi connectivity index (χ0v) is 16.2. The molecule has 1 saturated heterocycles. The quantitative estimate of drug-likeness (QED) is 0.876. The maximum Gasteiger partial charge on any atom is 0.248 e. The Labute approximate surface area is 165 Å². The van der Waals surface area contributed by atoms with E-state index in [1.807, 2.05) is 42.3 Å². The number of nitrogens with zero attached hydrogens (tertiary/aromatic N) is 2. The molecule has 0 unspecified atom stereocenters. The molecule has 2 aromatic rings. The standard InChI is InChI=1S/C23H25N3O2/c1-2-20(27)26-12-9-15(10-13-26)21-19-8-7-18(23(24)28)14-17(19)6-5-16-4-3-11-25-22(16)21/h3-4,7-8,11,14H,2,5-6,9-10,12-13H2,1H3,(H2,24,28). The number of likely N-dealkylation sites (tertiary alicyclic amines) is 1. The number of piperidine rings is 1. The molecular weight excluding hydrogens is 350 g/mol. The van der Waals surface area contributed by atoms with E-state index < -0.39 is 5.91 Å². The van der Waals surface area contributed by atoms with Crippen LogP contribution in [0, 0.1) is 0 Å². The lowest BCUT2D eigenvalue weighted by atomic mass is 9.88. The van der Waals surface area contributed by atoms with Gasteiger partial charge in [0.1, 0.15) is 0 Å². The van der Waals surface area contributed by atoms with Gasteiger partial charge in [-0.2, -0.15) is 0 Å². The maximum atomic E-state index is 12.1. The Morgan fingerprint density at radius 2 is 1.82 bits per heavy atom. The highest BCUT2D eigenvalue weighted by Crippen LogP contribution is 2.38. The number of carbonyl (C=O) groups is 2. The molecule has 2 aliphatic rings. The van der Waals surface area contributed by atoms with Crippen LogP contribution in [0.5, 0.6) is 0 Å². The Kier molecular flexibility index (Phi) is 4.99. The lowest BCUT2D eigenvalue weighted by Crippen LogP contribution is -2.36. The van der Waals surface area contributed by atoms with Crippen LogP contribution in [-0.2, 0) is 17.6 Å². The third-order valence-electron chi connectivity index (χ3n) is 5.83. The molecule has 1 aromatic carbocycles. The summed E-state index contributed by atoms with van der Waals surface area (Å²) in [7, 11) is 0. The van der Waals surface area contributed by atoms with Gasteiger partial charge >= 0.3 is 0 Å². The molecule has 1 aliphatic heterocycles. The number of hydrogen-bond acceptors (Lipinski definition) is 3. The van der Waals surface area contributed by atoms with Gasteiger partial charge in [-0.1, -0.05) is 24.6 Å². The predicted octanol–water partition coefficient (Wildman–Crippen LogP) is 3.11. The van der Waals surface area contributed by atoms with Gasteiger partial charge in [-0.3, -0.25) is 14.6 Å². The molecule has 28 heavy (non-hydrogen) atoms. The number of aryl methyl sites for hydroxylation is 2. The normalized spacial score (nSPS) is 16.2. The molecule has 2 N–H and O–H groups in total. The Hall–Kier alpha value is -2.95. The molecule has 0 spiro atoms. The Balaban J connectivity index is 1.82. The number of rotatable bonds is 2. The highest BCUT2D eigenvalue weighted by atomic mass is 16.2. The molecule has 0 bridgehead atoms. The first-order valence-electron chi connectivity index (χ1n) is 9.95. The van der Waals surface area contributed by atoms with Crippen LogP contribution in [0.2, 0.25) is 0 Å². The number of amides is 2. The zero-order valence-electron chi connectivity index (χ0n) is 16.2. The number of benzene rings is 1. The maximum absolute atomic E-state index is 12.1. The largest absolute Gasteiger partial charge is 0.366 e. The fourth-order valence-corrected chi connectivity index (χ4v) is 4.32. The molecule has 1 aliphatic carbocycles. The van der Waals surface area contributed by atoms with Gasteiger partial charge < -0.3 is 10.6 Å². The van der Waals surface area contributed by atoms with Gasteiger partial charge in [0.2, 0.25) is 11.8 Å². The van der Waals surface area contributed by atoms with Crippen molar-refractivity contribution in [3.8, 4) is 0 Å². The van der Waals surface area contributed by atoms with Crippen molar-refractivity contribution in [1.82, 2.24) is 9.88 Å². The number of fused-ring (bicyclic) bond motifs is 2. The van der Waals surface area contributed by atoms with E-state index in [4.69, 9.17) is 10.7 Å².